The van der Waals surface area contributed by atoms with Gasteiger partial charge in [-0.25, -0.2) is 13.1 Å². The van der Waals surface area contributed by atoms with Gasteiger partial charge in [0.05, 0.1) is 23.5 Å². The molecule has 0 bridgehead atoms. The Morgan fingerprint density at radius 2 is 1.90 bits per heavy atom. The average Bonchev–Trinajstić information content (AvgIpc) is 2.36. The minimum Gasteiger partial charge on any atom is -0.481 e. The summed E-state index contributed by atoms with van der Waals surface area (Å²) in [7, 11) is -2.37. The summed E-state index contributed by atoms with van der Waals surface area (Å²) in [6.45, 7) is 3.47. The lowest BCUT2D eigenvalue weighted by molar-refractivity contribution is -0.138. The van der Waals surface area contributed by atoms with Crippen molar-refractivity contribution in [3.05, 3.63) is 29.8 Å². The number of benzene rings is 1. The third-order valence-corrected chi connectivity index (χ3v) is 4.48. The number of rotatable bonds is 7. The lowest BCUT2D eigenvalue weighted by atomic mass is 10.1. The molecule has 0 spiro atoms. The summed E-state index contributed by atoms with van der Waals surface area (Å²) in [6, 6.07) is 5.49. The van der Waals surface area contributed by atoms with Crippen LogP contribution in [-0.4, -0.2) is 38.7 Å². The molecule has 0 radical (unpaired) electrons. The molecule has 0 fully saturated rings. The van der Waals surface area contributed by atoms with E-state index in [0.29, 0.717) is 0 Å². The molecule has 1 rings (SSSR count). The highest BCUT2D eigenvalue weighted by molar-refractivity contribution is 7.89. The molecule has 0 aliphatic carbocycles. The largest absolute Gasteiger partial charge is 0.481 e. The number of carboxylic acid groups (broad SMARTS) is 1. The number of ether oxygens (including phenoxy) is 1. The molecule has 0 heterocycles. The van der Waals surface area contributed by atoms with Crippen LogP contribution in [0.2, 0.25) is 0 Å². The van der Waals surface area contributed by atoms with Crippen LogP contribution in [0.3, 0.4) is 0 Å². The number of aliphatic carboxylic acids is 1. The van der Waals surface area contributed by atoms with Gasteiger partial charge in [0.25, 0.3) is 0 Å². The highest BCUT2D eigenvalue weighted by Crippen LogP contribution is 2.13. The zero-order valence-electron chi connectivity index (χ0n) is 11.7. The number of sulfonamides is 1. The summed E-state index contributed by atoms with van der Waals surface area (Å²) in [5.74, 6) is -1.09. The molecule has 2 atom stereocenters. The maximum absolute atomic E-state index is 12.2. The van der Waals surface area contributed by atoms with E-state index in [2.05, 4.69) is 4.72 Å². The molecule has 0 saturated heterocycles. The topological polar surface area (TPSA) is 92.7 Å². The normalized spacial score (nSPS) is 14.8. The smallest absolute Gasteiger partial charge is 0.305 e. The predicted octanol–water partition coefficient (Wildman–Crippen LogP) is 1.15. The minimum absolute atomic E-state index is 0.0989. The fourth-order valence-corrected chi connectivity index (χ4v) is 2.94. The molecule has 0 aliphatic heterocycles. The molecule has 20 heavy (non-hydrogen) atoms. The second-order valence-electron chi connectivity index (χ2n) is 4.58. The second-order valence-corrected chi connectivity index (χ2v) is 6.29. The molecule has 1 aromatic rings. The van der Waals surface area contributed by atoms with Gasteiger partial charge < -0.3 is 9.84 Å². The third kappa shape index (κ3) is 4.59. The van der Waals surface area contributed by atoms with Crippen molar-refractivity contribution in [3.63, 3.8) is 0 Å². The molecule has 0 aromatic heterocycles. The number of carboxylic acids is 1. The highest BCUT2D eigenvalue weighted by atomic mass is 32.2. The van der Waals surface area contributed by atoms with Crippen molar-refractivity contribution in [1.29, 1.82) is 0 Å². The van der Waals surface area contributed by atoms with Crippen molar-refractivity contribution in [2.24, 2.45) is 0 Å². The molecule has 0 unspecified atom stereocenters. The Morgan fingerprint density at radius 1 is 1.35 bits per heavy atom. The molecule has 112 valence electrons. The van der Waals surface area contributed by atoms with Crippen molar-refractivity contribution in [2.75, 3.05) is 7.11 Å². The maximum atomic E-state index is 12.2. The lowest BCUT2D eigenvalue weighted by Gasteiger charge is -2.22. The van der Waals surface area contributed by atoms with E-state index in [-0.39, 0.29) is 11.3 Å². The van der Waals surface area contributed by atoms with Crippen molar-refractivity contribution in [3.8, 4) is 0 Å². The highest BCUT2D eigenvalue weighted by Gasteiger charge is 2.26. The van der Waals surface area contributed by atoms with Crippen molar-refractivity contribution >= 4 is 16.0 Å². The van der Waals surface area contributed by atoms with E-state index in [9.17, 15) is 13.2 Å². The number of carbonyl (C=O) groups is 1. The van der Waals surface area contributed by atoms with E-state index in [1.807, 2.05) is 6.92 Å². The zero-order chi connectivity index (χ0) is 15.3. The minimum atomic E-state index is -3.77. The molecular formula is C13H19NO5S. The Labute approximate surface area is 118 Å². The zero-order valence-corrected chi connectivity index (χ0v) is 12.5. The van der Waals surface area contributed by atoms with Gasteiger partial charge in [-0.15, -0.1) is 0 Å². The fraction of sp³-hybridized carbons (Fsp3) is 0.462. The van der Waals surface area contributed by atoms with Gasteiger partial charge in [0, 0.05) is 7.11 Å². The Hall–Kier alpha value is -1.44. The van der Waals surface area contributed by atoms with Gasteiger partial charge >= 0.3 is 5.97 Å². The van der Waals surface area contributed by atoms with Crippen LogP contribution in [-0.2, 0) is 19.6 Å². The Balaban J connectivity index is 2.96. The monoisotopic (exact) mass is 301 g/mol. The average molecular weight is 301 g/mol. The van der Waals surface area contributed by atoms with Crippen LogP contribution in [0.25, 0.3) is 0 Å². The van der Waals surface area contributed by atoms with Gasteiger partial charge in [-0.05, 0) is 26.0 Å². The number of nitrogens with one attached hydrogen (secondary N) is 1. The summed E-state index contributed by atoms with van der Waals surface area (Å²) < 4.78 is 31.8. The van der Waals surface area contributed by atoms with Crippen LogP contribution in [0.5, 0.6) is 0 Å². The molecule has 7 heteroatoms. The number of aryl methyl sites for hydroxylation is 1. The van der Waals surface area contributed by atoms with Gasteiger partial charge in [0.15, 0.2) is 0 Å². The fourth-order valence-electron chi connectivity index (χ4n) is 1.64. The second kappa shape index (κ2) is 6.83. The maximum Gasteiger partial charge on any atom is 0.305 e. The van der Waals surface area contributed by atoms with E-state index in [4.69, 9.17) is 9.84 Å². The molecule has 0 amide bonds. The Bertz CT molecular complexity index is 553. The first-order chi connectivity index (χ1) is 9.26. The van der Waals surface area contributed by atoms with Gasteiger partial charge in [-0.1, -0.05) is 17.7 Å². The van der Waals surface area contributed by atoms with Crippen LogP contribution in [0.15, 0.2) is 29.2 Å². The van der Waals surface area contributed by atoms with E-state index in [0.717, 1.165) is 5.56 Å². The van der Waals surface area contributed by atoms with Gasteiger partial charge in [-0.2, -0.15) is 0 Å². The van der Waals surface area contributed by atoms with Crippen LogP contribution >= 0.6 is 0 Å². The SMILES string of the molecule is CO[C@H](C)[C@@H](CC(=O)O)NS(=O)(=O)c1ccc(C)cc1. The number of methoxy groups -OCH3 is 1. The first-order valence-electron chi connectivity index (χ1n) is 6.10. The van der Waals surface area contributed by atoms with Crippen LogP contribution in [0.4, 0.5) is 0 Å². The molecule has 0 aliphatic rings. The van der Waals surface area contributed by atoms with Crippen molar-refractivity contribution in [1.82, 2.24) is 4.72 Å². The van der Waals surface area contributed by atoms with E-state index < -0.39 is 28.1 Å². The Morgan fingerprint density at radius 3 is 2.35 bits per heavy atom. The lowest BCUT2D eigenvalue weighted by Crippen LogP contribution is -2.44. The van der Waals surface area contributed by atoms with Crippen molar-refractivity contribution in [2.45, 2.75) is 37.3 Å². The van der Waals surface area contributed by atoms with Crippen molar-refractivity contribution < 1.29 is 23.1 Å². The molecule has 6 nitrogen and oxygen atoms in total. The van der Waals surface area contributed by atoms with Gasteiger partial charge in [0.1, 0.15) is 0 Å². The standard InChI is InChI=1S/C13H19NO5S/c1-9-4-6-11(7-5-9)20(17,18)14-12(8-13(15)16)10(2)19-3/h4-7,10,12,14H,8H2,1-3H3,(H,15,16)/t10-,12-/m1/s1. The van der Waals surface area contributed by atoms with Gasteiger partial charge in [-0.3, -0.25) is 4.79 Å². The first-order valence-corrected chi connectivity index (χ1v) is 7.58. The summed E-state index contributed by atoms with van der Waals surface area (Å²) in [4.78, 5) is 10.9. The van der Waals surface area contributed by atoms with Crippen LogP contribution in [0.1, 0.15) is 18.9 Å². The predicted molar refractivity (Wildman–Crippen MR) is 74.0 cm³/mol. The molecule has 0 saturated carbocycles. The molecular weight excluding hydrogens is 282 g/mol. The van der Waals surface area contributed by atoms with E-state index in [1.54, 1.807) is 19.1 Å². The van der Waals surface area contributed by atoms with Crippen LogP contribution < -0.4 is 4.72 Å². The number of hydrogen-bond donors (Lipinski definition) is 2. The quantitative estimate of drug-likeness (QED) is 0.788. The number of hydrogen-bond acceptors (Lipinski definition) is 4. The summed E-state index contributed by atoms with van der Waals surface area (Å²) in [6.07, 6.45) is -0.897. The first kappa shape index (κ1) is 16.6. The van der Waals surface area contributed by atoms with Crippen LogP contribution in [0, 0.1) is 6.92 Å². The third-order valence-electron chi connectivity index (χ3n) is 2.97. The Kier molecular flexibility index (Phi) is 5.67. The van der Waals surface area contributed by atoms with Gasteiger partial charge in [0.2, 0.25) is 10.0 Å². The summed E-state index contributed by atoms with van der Waals surface area (Å²) in [5, 5.41) is 8.84. The molecule has 2 N–H and O–H groups in total. The van der Waals surface area contributed by atoms with E-state index in [1.165, 1.54) is 19.2 Å². The summed E-state index contributed by atoms with van der Waals surface area (Å²) >= 11 is 0. The summed E-state index contributed by atoms with van der Waals surface area (Å²) in [5.41, 5.74) is 0.941. The van der Waals surface area contributed by atoms with E-state index >= 15 is 0 Å². The molecule has 1 aromatic carbocycles.